The van der Waals surface area contributed by atoms with E-state index in [2.05, 4.69) is 159 Å². The molecule has 0 aliphatic carbocycles. The zero-order valence-corrected chi connectivity index (χ0v) is 23.9. The van der Waals surface area contributed by atoms with Crippen LogP contribution in [-0.4, -0.2) is 0 Å². The van der Waals surface area contributed by atoms with Crippen molar-refractivity contribution in [3.05, 3.63) is 157 Å². The Hall–Kier alpha value is -5.46. The summed E-state index contributed by atoms with van der Waals surface area (Å²) in [6.45, 7) is 2.19. The molecule has 43 heavy (non-hydrogen) atoms. The summed E-state index contributed by atoms with van der Waals surface area (Å²) in [5.41, 5.74) is 6.42. The smallest absolute Gasteiger partial charge is 0.00261 e. The summed E-state index contributed by atoms with van der Waals surface area (Å²) in [6.07, 6.45) is 0. The van der Waals surface area contributed by atoms with Gasteiger partial charge >= 0.3 is 0 Å². The van der Waals surface area contributed by atoms with Crippen LogP contribution in [0.3, 0.4) is 0 Å². The second kappa shape index (κ2) is 9.28. The maximum Gasteiger partial charge on any atom is -0.00261 e. The van der Waals surface area contributed by atoms with Gasteiger partial charge in [-0.05, 0) is 112 Å². The first kappa shape index (κ1) is 24.2. The van der Waals surface area contributed by atoms with Crippen molar-refractivity contribution < 1.29 is 0 Å². The zero-order valence-electron chi connectivity index (χ0n) is 23.9. The lowest BCUT2D eigenvalue weighted by atomic mass is 9.84. The summed E-state index contributed by atoms with van der Waals surface area (Å²) in [7, 11) is 0. The van der Waals surface area contributed by atoms with E-state index >= 15 is 0 Å². The molecule has 0 unspecified atom stereocenters. The second-order valence-electron chi connectivity index (χ2n) is 11.7. The third-order valence-corrected chi connectivity index (χ3v) is 9.33. The molecule has 0 saturated heterocycles. The topological polar surface area (TPSA) is 0 Å². The van der Waals surface area contributed by atoms with Crippen molar-refractivity contribution in [1.29, 1.82) is 0 Å². The average Bonchev–Trinajstić information content (AvgIpc) is 3.06. The van der Waals surface area contributed by atoms with Crippen LogP contribution in [0.1, 0.15) is 5.56 Å². The van der Waals surface area contributed by atoms with Gasteiger partial charge in [0.15, 0.2) is 0 Å². The largest absolute Gasteiger partial charge is 0.0616 e. The van der Waals surface area contributed by atoms with Crippen LogP contribution in [0.2, 0.25) is 0 Å². The zero-order chi connectivity index (χ0) is 28.5. The minimum Gasteiger partial charge on any atom is -0.0616 e. The van der Waals surface area contributed by atoms with Gasteiger partial charge in [0.1, 0.15) is 0 Å². The third-order valence-electron chi connectivity index (χ3n) is 9.33. The van der Waals surface area contributed by atoms with Gasteiger partial charge in [-0.15, -0.1) is 0 Å². The van der Waals surface area contributed by atoms with Crippen LogP contribution in [0.4, 0.5) is 0 Å². The minimum absolute atomic E-state index is 1.25. The fraction of sp³-hybridized carbons (Fsp3) is 0.0233. The summed E-state index contributed by atoms with van der Waals surface area (Å²) in [6, 6.07) is 56.2. The van der Waals surface area contributed by atoms with Gasteiger partial charge in [-0.2, -0.15) is 0 Å². The molecule has 0 N–H and O–H groups in total. The van der Waals surface area contributed by atoms with E-state index in [1.807, 2.05) is 0 Å². The van der Waals surface area contributed by atoms with Gasteiger partial charge in [0, 0.05) is 0 Å². The third kappa shape index (κ3) is 3.63. The molecule has 9 aromatic carbocycles. The molecule has 0 fully saturated rings. The lowest BCUT2D eigenvalue weighted by Gasteiger charge is -2.19. The predicted octanol–water partition coefficient (Wildman–Crippen LogP) is 12.2. The van der Waals surface area contributed by atoms with E-state index in [9.17, 15) is 0 Å². The maximum absolute atomic E-state index is 2.43. The minimum atomic E-state index is 1.25. The molecular weight excluding hydrogens is 516 g/mol. The number of benzene rings is 9. The molecule has 0 saturated carbocycles. The van der Waals surface area contributed by atoms with Crippen molar-refractivity contribution in [2.24, 2.45) is 0 Å². The van der Waals surface area contributed by atoms with Crippen molar-refractivity contribution >= 4 is 64.6 Å². The molecule has 0 aliphatic rings. The van der Waals surface area contributed by atoms with Crippen LogP contribution in [0.15, 0.2) is 152 Å². The van der Waals surface area contributed by atoms with Crippen LogP contribution in [0.5, 0.6) is 0 Å². The number of fused-ring (bicyclic) bond motifs is 8. The number of rotatable bonds is 2. The fourth-order valence-corrected chi connectivity index (χ4v) is 7.33. The van der Waals surface area contributed by atoms with Gasteiger partial charge in [-0.3, -0.25) is 0 Å². The van der Waals surface area contributed by atoms with Crippen molar-refractivity contribution in [1.82, 2.24) is 0 Å². The molecule has 0 amide bonds. The first-order chi connectivity index (χ1) is 21.2. The molecular formula is C43H28. The molecule has 0 bridgehead atoms. The highest BCUT2D eigenvalue weighted by Crippen LogP contribution is 2.45. The number of aryl methyl sites for hydroxylation is 1. The molecule has 9 aromatic rings. The Morgan fingerprint density at radius 2 is 0.791 bits per heavy atom. The Bertz CT molecular complexity index is 2500. The second-order valence-corrected chi connectivity index (χ2v) is 11.7. The van der Waals surface area contributed by atoms with Gasteiger partial charge in [-0.25, -0.2) is 0 Å². The van der Waals surface area contributed by atoms with E-state index in [0.29, 0.717) is 0 Å². The molecule has 0 aliphatic heterocycles. The van der Waals surface area contributed by atoms with Gasteiger partial charge < -0.3 is 0 Å². The van der Waals surface area contributed by atoms with E-state index in [0.717, 1.165) is 0 Å². The summed E-state index contributed by atoms with van der Waals surface area (Å²) in [5, 5.41) is 15.5. The van der Waals surface area contributed by atoms with Crippen LogP contribution >= 0.6 is 0 Å². The monoisotopic (exact) mass is 544 g/mol. The van der Waals surface area contributed by atoms with Crippen LogP contribution in [0.25, 0.3) is 86.9 Å². The molecule has 0 atom stereocenters. The molecule has 0 heterocycles. The average molecular weight is 545 g/mol. The van der Waals surface area contributed by atoms with Crippen LogP contribution in [0, 0.1) is 6.92 Å². The van der Waals surface area contributed by atoms with Gasteiger partial charge in [0.2, 0.25) is 0 Å². The SMILES string of the molecule is Cc1cccc2cc(-c3c4ccccc4c(-c4ccc5ccc6ccc7ccccc7c6c5c4)c4ccccc34)ccc12. The van der Waals surface area contributed by atoms with E-state index in [4.69, 9.17) is 0 Å². The van der Waals surface area contributed by atoms with Gasteiger partial charge in [-0.1, -0.05) is 140 Å². The van der Waals surface area contributed by atoms with E-state index in [1.165, 1.54) is 92.5 Å². The Labute approximate surface area is 250 Å². The highest BCUT2D eigenvalue weighted by Gasteiger charge is 2.17. The Morgan fingerprint density at radius 1 is 0.302 bits per heavy atom. The summed E-state index contributed by atoms with van der Waals surface area (Å²) < 4.78 is 0. The first-order valence-corrected chi connectivity index (χ1v) is 15.0. The molecule has 0 spiro atoms. The molecule has 0 radical (unpaired) electrons. The van der Waals surface area contributed by atoms with E-state index in [1.54, 1.807) is 0 Å². The number of hydrogen-bond donors (Lipinski definition) is 0. The van der Waals surface area contributed by atoms with Crippen molar-refractivity contribution in [3.8, 4) is 22.3 Å². The van der Waals surface area contributed by atoms with E-state index in [-0.39, 0.29) is 0 Å². The highest BCUT2D eigenvalue weighted by molar-refractivity contribution is 6.24. The van der Waals surface area contributed by atoms with Crippen molar-refractivity contribution in [2.45, 2.75) is 6.92 Å². The van der Waals surface area contributed by atoms with Gasteiger partial charge in [0.25, 0.3) is 0 Å². The normalized spacial score (nSPS) is 11.8. The maximum atomic E-state index is 2.43. The standard InChI is InChI=1S/C43H28/c1-27-9-8-11-31-25-32(23-24-34(27)31)42-36-13-4-6-15-38(36)43(39-16-7-5-14-37(39)42)33-22-19-29-18-21-30-20-17-28-10-2-3-12-35(28)41(30)40(29)26-33/h2-26H,1H3. The Morgan fingerprint density at radius 3 is 1.47 bits per heavy atom. The molecule has 0 aromatic heterocycles. The first-order valence-electron chi connectivity index (χ1n) is 15.0. The van der Waals surface area contributed by atoms with Gasteiger partial charge in [0.05, 0.1) is 0 Å². The quantitative estimate of drug-likeness (QED) is 0.150. The van der Waals surface area contributed by atoms with Crippen molar-refractivity contribution in [2.75, 3.05) is 0 Å². The summed E-state index contributed by atoms with van der Waals surface area (Å²) >= 11 is 0. The van der Waals surface area contributed by atoms with Crippen LogP contribution in [-0.2, 0) is 0 Å². The Kier molecular flexibility index (Phi) is 5.21. The molecule has 0 nitrogen and oxygen atoms in total. The molecule has 9 rings (SSSR count). The summed E-state index contributed by atoms with van der Waals surface area (Å²) in [4.78, 5) is 0. The number of hydrogen-bond acceptors (Lipinski definition) is 0. The summed E-state index contributed by atoms with van der Waals surface area (Å²) in [5.74, 6) is 0. The van der Waals surface area contributed by atoms with E-state index < -0.39 is 0 Å². The highest BCUT2D eigenvalue weighted by atomic mass is 14.2. The lowest BCUT2D eigenvalue weighted by Crippen LogP contribution is -1.91. The Balaban J connectivity index is 1.39. The van der Waals surface area contributed by atoms with Crippen molar-refractivity contribution in [3.63, 3.8) is 0 Å². The lowest BCUT2D eigenvalue weighted by molar-refractivity contribution is 1.53. The molecule has 200 valence electrons. The fourth-order valence-electron chi connectivity index (χ4n) is 7.33. The molecule has 0 heteroatoms. The van der Waals surface area contributed by atoms with Crippen LogP contribution < -0.4 is 0 Å². The predicted molar refractivity (Wildman–Crippen MR) is 187 cm³/mol.